The lowest BCUT2D eigenvalue weighted by Gasteiger charge is -2.26. The fourth-order valence-electron chi connectivity index (χ4n) is 3.58. The van der Waals surface area contributed by atoms with Gasteiger partial charge in [0.05, 0.1) is 19.8 Å². The number of aldehydes is 1. The number of nitrogens with one attached hydrogen (secondary N) is 1. The van der Waals surface area contributed by atoms with Gasteiger partial charge in [-0.25, -0.2) is 0 Å². The molecule has 1 aliphatic heterocycles. The molecule has 0 atom stereocenters. The predicted molar refractivity (Wildman–Crippen MR) is 121 cm³/mol. The summed E-state index contributed by atoms with van der Waals surface area (Å²) in [5.41, 5.74) is 2.15. The highest BCUT2D eigenvalue weighted by molar-refractivity contribution is 6.01. The first-order chi connectivity index (χ1) is 15.3. The minimum atomic E-state index is -0.192. The molecule has 6 nitrogen and oxygen atoms in total. The van der Waals surface area contributed by atoms with Gasteiger partial charge in [-0.05, 0) is 36.6 Å². The van der Waals surface area contributed by atoms with Gasteiger partial charge in [0.1, 0.15) is 5.75 Å². The van der Waals surface area contributed by atoms with Gasteiger partial charge < -0.3 is 14.8 Å². The molecule has 2 aromatic carbocycles. The molecular weight excluding hydrogens is 392 g/mol. The molecular formula is C25H32N2O4. The molecule has 0 aromatic heterocycles. The van der Waals surface area contributed by atoms with Crippen LogP contribution < -0.4 is 10.1 Å². The van der Waals surface area contributed by atoms with Crippen molar-refractivity contribution >= 4 is 12.2 Å². The smallest absolute Gasteiger partial charge is 0.252 e. The van der Waals surface area contributed by atoms with E-state index in [2.05, 4.69) is 22.3 Å². The first-order valence-corrected chi connectivity index (χ1v) is 11.1. The van der Waals surface area contributed by atoms with Crippen molar-refractivity contribution in [1.29, 1.82) is 0 Å². The minimum Gasteiger partial charge on any atom is -0.494 e. The number of hydrogen-bond donors (Lipinski definition) is 1. The average molecular weight is 425 g/mol. The third-order valence-electron chi connectivity index (χ3n) is 5.39. The Bertz CT molecular complexity index is 817. The van der Waals surface area contributed by atoms with Crippen LogP contribution in [-0.4, -0.2) is 56.5 Å². The molecule has 1 heterocycles. The van der Waals surface area contributed by atoms with E-state index < -0.39 is 0 Å². The van der Waals surface area contributed by atoms with Gasteiger partial charge >= 0.3 is 0 Å². The van der Waals surface area contributed by atoms with Crippen LogP contribution in [-0.2, 0) is 11.3 Å². The van der Waals surface area contributed by atoms with Gasteiger partial charge in [0.2, 0.25) is 0 Å². The standard InChI is InChI=1S/C25H32N2O4/c28-20-22-7-3-4-8-24(22)25(29)26-13-5-1-2-6-16-31-23-11-9-21(10-12-23)19-27-14-17-30-18-15-27/h3-4,7-12,20H,1-2,5-6,13-19H2,(H,26,29). The first-order valence-electron chi connectivity index (χ1n) is 11.1. The SMILES string of the molecule is O=Cc1ccccc1C(=O)NCCCCCCOc1ccc(CN2CCOCC2)cc1. The third-order valence-corrected chi connectivity index (χ3v) is 5.39. The lowest BCUT2D eigenvalue weighted by atomic mass is 10.1. The van der Waals surface area contributed by atoms with E-state index in [4.69, 9.17) is 9.47 Å². The van der Waals surface area contributed by atoms with E-state index in [1.54, 1.807) is 24.3 Å². The largest absolute Gasteiger partial charge is 0.494 e. The molecule has 0 aliphatic carbocycles. The summed E-state index contributed by atoms with van der Waals surface area (Å²) in [4.78, 5) is 25.6. The van der Waals surface area contributed by atoms with Crippen LogP contribution in [0.25, 0.3) is 0 Å². The second-order valence-corrected chi connectivity index (χ2v) is 7.76. The van der Waals surface area contributed by atoms with Crippen molar-refractivity contribution in [3.63, 3.8) is 0 Å². The molecule has 0 radical (unpaired) electrons. The highest BCUT2D eigenvalue weighted by Crippen LogP contribution is 2.15. The maximum Gasteiger partial charge on any atom is 0.252 e. The van der Waals surface area contributed by atoms with E-state index in [-0.39, 0.29) is 5.91 Å². The lowest BCUT2D eigenvalue weighted by Crippen LogP contribution is -2.35. The van der Waals surface area contributed by atoms with Crippen LogP contribution in [0.5, 0.6) is 5.75 Å². The number of unbranched alkanes of at least 4 members (excludes halogenated alkanes) is 3. The normalized spacial score (nSPS) is 14.2. The molecule has 6 heteroatoms. The number of benzene rings is 2. The molecule has 1 fully saturated rings. The van der Waals surface area contributed by atoms with E-state index in [0.717, 1.165) is 64.3 Å². The van der Waals surface area contributed by atoms with Gasteiger partial charge in [0.25, 0.3) is 5.91 Å². The number of rotatable bonds is 12. The van der Waals surface area contributed by atoms with Gasteiger partial charge in [-0.3, -0.25) is 14.5 Å². The van der Waals surface area contributed by atoms with Crippen molar-refractivity contribution in [1.82, 2.24) is 10.2 Å². The monoisotopic (exact) mass is 424 g/mol. The van der Waals surface area contributed by atoms with E-state index in [1.165, 1.54) is 5.56 Å². The van der Waals surface area contributed by atoms with Crippen molar-refractivity contribution in [3.05, 3.63) is 65.2 Å². The van der Waals surface area contributed by atoms with Crippen molar-refractivity contribution in [2.45, 2.75) is 32.2 Å². The van der Waals surface area contributed by atoms with Gasteiger partial charge in [0, 0.05) is 37.3 Å². The predicted octanol–water partition coefficient (Wildman–Crippen LogP) is 3.70. The molecule has 1 N–H and O–H groups in total. The van der Waals surface area contributed by atoms with E-state index >= 15 is 0 Å². The fraction of sp³-hybridized carbons (Fsp3) is 0.440. The summed E-state index contributed by atoms with van der Waals surface area (Å²) >= 11 is 0. The third kappa shape index (κ3) is 7.81. The molecule has 0 spiro atoms. The van der Waals surface area contributed by atoms with Crippen LogP contribution in [0.15, 0.2) is 48.5 Å². The summed E-state index contributed by atoms with van der Waals surface area (Å²) in [7, 11) is 0. The summed E-state index contributed by atoms with van der Waals surface area (Å²) in [6.07, 6.45) is 4.68. The molecule has 1 amide bonds. The minimum absolute atomic E-state index is 0.192. The number of carbonyl (C=O) groups excluding carboxylic acids is 2. The number of amides is 1. The van der Waals surface area contributed by atoms with Crippen LogP contribution in [0.4, 0.5) is 0 Å². The molecule has 1 aliphatic rings. The van der Waals surface area contributed by atoms with Gasteiger partial charge in [-0.2, -0.15) is 0 Å². The topological polar surface area (TPSA) is 67.9 Å². The zero-order valence-corrected chi connectivity index (χ0v) is 18.1. The second kappa shape index (κ2) is 12.9. The van der Waals surface area contributed by atoms with Gasteiger partial charge in [0.15, 0.2) is 6.29 Å². The molecule has 1 saturated heterocycles. The summed E-state index contributed by atoms with van der Waals surface area (Å²) in [6.45, 7) is 5.89. The Morgan fingerprint density at radius 2 is 1.74 bits per heavy atom. The Hall–Kier alpha value is -2.70. The van der Waals surface area contributed by atoms with Gasteiger partial charge in [-0.1, -0.05) is 43.2 Å². The highest BCUT2D eigenvalue weighted by atomic mass is 16.5. The number of ether oxygens (including phenoxy) is 2. The lowest BCUT2D eigenvalue weighted by molar-refractivity contribution is 0.0342. The van der Waals surface area contributed by atoms with Crippen LogP contribution in [0, 0.1) is 0 Å². The number of carbonyl (C=O) groups is 2. The molecule has 31 heavy (non-hydrogen) atoms. The van der Waals surface area contributed by atoms with Crippen LogP contribution in [0.2, 0.25) is 0 Å². The Labute approximate surface area is 184 Å². The van der Waals surface area contributed by atoms with Crippen molar-refractivity contribution in [2.75, 3.05) is 39.5 Å². The van der Waals surface area contributed by atoms with Crippen molar-refractivity contribution in [3.8, 4) is 5.75 Å². The first kappa shape index (κ1) is 23.0. The summed E-state index contributed by atoms with van der Waals surface area (Å²) in [5, 5.41) is 2.89. The summed E-state index contributed by atoms with van der Waals surface area (Å²) in [6, 6.07) is 15.2. The average Bonchev–Trinajstić information content (AvgIpc) is 2.82. The Morgan fingerprint density at radius 1 is 1.00 bits per heavy atom. The zero-order chi connectivity index (χ0) is 21.7. The van der Waals surface area contributed by atoms with Crippen molar-refractivity contribution < 1.29 is 19.1 Å². The van der Waals surface area contributed by atoms with E-state index in [0.29, 0.717) is 30.6 Å². The maximum absolute atomic E-state index is 12.2. The Morgan fingerprint density at radius 3 is 2.52 bits per heavy atom. The van der Waals surface area contributed by atoms with Crippen LogP contribution >= 0.6 is 0 Å². The van der Waals surface area contributed by atoms with Crippen LogP contribution in [0.3, 0.4) is 0 Å². The molecule has 0 saturated carbocycles. The molecule has 0 unspecified atom stereocenters. The zero-order valence-electron chi connectivity index (χ0n) is 18.1. The van der Waals surface area contributed by atoms with Crippen LogP contribution in [0.1, 0.15) is 52.0 Å². The van der Waals surface area contributed by atoms with Crippen molar-refractivity contribution in [2.24, 2.45) is 0 Å². The van der Waals surface area contributed by atoms with Gasteiger partial charge in [-0.15, -0.1) is 0 Å². The number of nitrogens with zero attached hydrogens (tertiary/aromatic N) is 1. The Kier molecular flexibility index (Phi) is 9.54. The fourth-order valence-corrected chi connectivity index (χ4v) is 3.58. The summed E-state index contributed by atoms with van der Waals surface area (Å²) < 4.78 is 11.2. The Balaban J connectivity index is 1.23. The second-order valence-electron chi connectivity index (χ2n) is 7.76. The molecule has 2 aromatic rings. The molecule has 0 bridgehead atoms. The maximum atomic E-state index is 12.2. The van der Waals surface area contributed by atoms with E-state index in [1.807, 2.05) is 12.1 Å². The summed E-state index contributed by atoms with van der Waals surface area (Å²) in [5.74, 6) is 0.718. The number of morpholine rings is 1. The molecule has 166 valence electrons. The molecule has 3 rings (SSSR count). The number of hydrogen-bond acceptors (Lipinski definition) is 5. The highest BCUT2D eigenvalue weighted by Gasteiger charge is 2.11. The van der Waals surface area contributed by atoms with E-state index in [9.17, 15) is 9.59 Å². The quantitative estimate of drug-likeness (QED) is 0.416.